The summed E-state index contributed by atoms with van der Waals surface area (Å²) in [7, 11) is 0. The summed E-state index contributed by atoms with van der Waals surface area (Å²) < 4.78 is 5.78. The first-order valence-electron chi connectivity index (χ1n) is 6.53. The Hall–Kier alpha value is -1.56. The highest BCUT2D eigenvalue weighted by atomic mass is 79.9. The van der Waals surface area contributed by atoms with E-state index in [4.69, 9.17) is 4.74 Å². The van der Waals surface area contributed by atoms with Gasteiger partial charge in [0.05, 0.1) is 13.0 Å². The minimum atomic E-state index is -0.304. The van der Waals surface area contributed by atoms with E-state index in [0.29, 0.717) is 13.2 Å². The van der Waals surface area contributed by atoms with Crippen molar-refractivity contribution in [3.05, 3.63) is 34.3 Å². The highest BCUT2D eigenvalue weighted by molar-refractivity contribution is 9.10. The quantitative estimate of drug-likeness (QED) is 0.746. The number of nitrogens with one attached hydrogen (secondary N) is 2. The van der Waals surface area contributed by atoms with Gasteiger partial charge in [0.15, 0.2) is 0 Å². The number of carbonyl (C=O) groups is 2. The van der Waals surface area contributed by atoms with Crippen LogP contribution in [0.1, 0.15) is 18.9 Å². The van der Waals surface area contributed by atoms with Gasteiger partial charge in [-0.15, -0.1) is 0 Å². The van der Waals surface area contributed by atoms with E-state index in [2.05, 4.69) is 26.6 Å². The van der Waals surface area contributed by atoms with Crippen LogP contribution in [0.25, 0.3) is 0 Å². The van der Waals surface area contributed by atoms with E-state index in [9.17, 15) is 9.59 Å². The molecule has 0 fully saturated rings. The molecular formula is C14H19BrN2O3. The summed E-state index contributed by atoms with van der Waals surface area (Å²) in [4.78, 5) is 22.5. The number of benzene rings is 1. The first kappa shape index (κ1) is 16.5. The standard InChI is InChI=1S/C14H19BrN2O3/c1-2-20-13(18)7-9-17-14(19)16-8-6-11-4-3-5-12(15)10-11/h3-5,10H,2,6-9H2,1H3,(H2,16,17,19). The Morgan fingerprint density at radius 3 is 2.70 bits per heavy atom. The lowest BCUT2D eigenvalue weighted by atomic mass is 10.1. The molecule has 0 aliphatic carbocycles. The van der Waals surface area contributed by atoms with E-state index in [1.165, 1.54) is 0 Å². The Kier molecular flexibility index (Phi) is 7.72. The summed E-state index contributed by atoms with van der Waals surface area (Å²) in [6, 6.07) is 7.66. The molecule has 0 saturated carbocycles. The molecule has 1 rings (SSSR count). The molecule has 0 saturated heterocycles. The third-order valence-electron chi connectivity index (χ3n) is 2.51. The zero-order valence-electron chi connectivity index (χ0n) is 11.4. The number of esters is 1. The van der Waals surface area contributed by atoms with Gasteiger partial charge in [0.1, 0.15) is 0 Å². The Bertz CT molecular complexity index is 452. The molecule has 0 aliphatic heterocycles. The van der Waals surface area contributed by atoms with Gasteiger partial charge in [0.2, 0.25) is 0 Å². The monoisotopic (exact) mass is 342 g/mol. The molecule has 1 aromatic carbocycles. The van der Waals surface area contributed by atoms with Gasteiger partial charge < -0.3 is 15.4 Å². The maximum atomic E-state index is 11.5. The number of halogens is 1. The molecule has 20 heavy (non-hydrogen) atoms. The van der Waals surface area contributed by atoms with Gasteiger partial charge in [-0.3, -0.25) is 4.79 Å². The lowest BCUT2D eigenvalue weighted by Gasteiger charge is -2.07. The summed E-state index contributed by atoms with van der Waals surface area (Å²) in [5.74, 6) is -0.304. The van der Waals surface area contributed by atoms with E-state index >= 15 is 0 Å². The minimum Gasteiger partial charge on any atom is -0.466 e. The first-order chi connectivity index (χ1) is 9.61. The van der Waals surface area contributed by atoms with Gasteiger partial charge in [0, 0.05) is 17.6 Å². The largest absolute Gasteiger partial charge is 0.466 e. The van der Waals surface area contributed by atoms with Crippen LogP contribution in [0.2, 0.25) is 0 Å². The van der Waals surface area contributed by atoms with Crippen LogP contribution in [0.3, 0.4) is 0 Å². The van der Waals surface area contributed by atoms with Crippen LogP contribution in [0.4, 0.5) is 4.79 Å². The summed E-state index contributed by atoms with van der Waals surface area (Å²) >= 11 is 3.40. The van der Waals surface area contributed by atoms with E-state index in [1.54, 1.807) is 6.92 Å². The van der Waals surface area contributed by atoms with Crippen molar-refractivity contribution < 1.29 is 14.3 Å². The van der Waals surface area contributed by atoms with Crippen LogP contribution in [-0.4, -0.2) is 31.7 Å². The molecule has 0 aliphatic rings. The summed E-state index contributed by atoms with van der Waals surface area (Å²) in [5.41, 5.74) is 1.14. The first-order valence-corrected chi connectivity index (χ1v) is 7.33. The smallest absolute Gasteiger partial charge is 0.314 e. The zero-order valence-corrected chi connectivity index (χ0v) is 13.0. The number of amides is 2. The topological polar surface area (TPSA) is 67.4 Å². The Morgan fingerprint density at radius 2 is 2.00 bits per heavy atom. The lowest BCUT2D eigenvalue weighted by Crippen LogP contribution is -2.37. The molecule has 0 radical (unpaired) electrons. The molecule has 6 heteroatoms. The SMILES string of the molecule is CCOC(=O)CCNC(=O)NCCc1cccc(Br)c1. The molecular weight excluding hydrogens is 324 g/mol. The fourth-order valence-electron chi connectivity index (χ4n) is 1.59. The molecule has 0 unspecified atom stereocenters. The predicted molar refractivity (Wildman–Crippen MR) is 80.5 cm³/mol. The van der Waals surface area contributed by atoms with Gasteiger partial charge in [0.25, 0.3) is 0 Å². The van der Waals surface area contributed by atoms with Crippen LogP contribution in [0, 0.1) is 0 Å². The van der Waals surface area contributed by atoms with Crippen molar-refractivity contribution in [2.75, 3.05) is 19.7 Å². The number of carbonyl (C=O) groups excluding carboxylic acids is 2. The molecule has 110 valence electrons. The normalized spacial score (nSPS) is 9.90. The Balaban J connectivity index is 2.13. The summed E-state index contributed by atoms with van der Waals surface area (Å²) in [6.45, 7) is 2.93. The maximum Gasteiger partial charge on any atom is 0.314 e. The third-order valence-corrected chi connectivity index (χ3v) is 3.00. The van der Waals surface area contributed by atoms with Crippen molar-refractivity contribution in [3.8, 4) is 0 Å². The third kappa shape index (κ3) is 7.13. The van der Waals surface area contributed by atoms with Crippen LogP contribution in [-0.2, 0) is 16.0 Å². The van der Waals surface area contributed by atoms with Crippen molar-refractivity contribution in [3.63, 3.8) is 0 Å². The second-order valence-electron chi connectivity index (χ2n) is 4.12. The zero-order chi connectivity index (χ0) is 14.8. The Labute approximate surface area is 127 Å². The van der Waals surface area contributed by atoms with Crippen LogP contribution in [0.5, 0.6) is 0 Å². The number of ether oxygens (including phenoxy) is 1. The van der Waals surface area contributed by atoms with E-state index in [0.717, 1.165) is 16.5 Å². The molecule has 0 heterocycles. The van der Waals surface area contributed by atoms with Crippen LogP contribution >= 0.6 is 15.9 Å². The average molecular weight is 343 g/mol. The maximum absolute atomic E-state index is 11.5. The second-order valence-corrected chi connectivity index (χ2v) is 5.03. The van der Waals surface area contributed by atoms with Gasteiger partial charge in [-0.1, -0.05) is 28.1 Å². The molecule has 0 spiro atoms. The summed E-state index contributed by atoms with van der Waals surface area (Å²) in [5, 5.41) is 5.35. The minimum absolute atomic E-state index is 0.187. The number of urea groups is 1. The molecule has 0 bridgehead atoms. The van der Waals surface area contributed by atoms with Crippen LogP contribution < -0.4 is 10.6 Å². The van der Waals surface area contributed by atoms with Gasteiger partial charge in [-0.25, -0.2) is 4.79 Å². The van der Waals surface area contributed by atoms with E-state index < -0.39 is 0 Å². The average Bonchev–Trinajstić information content (AvgIpc) is 2.39. The number of hydrogen-bond donors (Lipinski definition) is 2. The fourth-order valence-corrected chi connectivity index (χ4v) is 2.03. The lowest BCUT2D eigenvalue weighted by molar-refractivity contribution is -0.142. The molecule has 1 aromatic rings. The van der Waals surface area contributed by atoms with Gasteiger partial charge in [-0.05, 0) is 31.0 Å². The molecule has 0 aromatic heterocycles. The number of rotatable bonds is 7. The van der Waals surface area contributed by atoms with E-state index in [-0.39, 0.29) is 25.0 Å². The highest BCUT2D eigenvalue weighted by Crippen LogP contribution is 2.11. The molecule has 2 amide bonds. The predicted octanol–water partition coefficient (Wildman–Crippen LogP) is 2.24. The highest BCUT2D eigenvalue weighted by Gasteiger charge is 2.03. The summed E-state index contributed by atoms with van der Waals surface area (Å²) in [6.07, 6.45) is 0.942. The van der Waals surface area contributed by atoms with Crippen molar-refractivity contribution >= 4 is 27.9 Å². The van der Waals surface area contributed by atoms with E-state index in [1.807, 2.05) is 24.3 Å². The fraction of sp³-hybridized carbons (Fsp3) is 0.429. The van der Waals surface area contributed by atoms with Crippen molar-refractivity contribution in [1.29, 1.82) is 0 Å². The molecule has 2 N–H and O–H groups in total. The van der Waals surface area contributed by atoms with Crippen LogP contribution in [0.15, 0.2) is 28.7 Å². The van der Waals surface area contributed by atoms with Gasteiger partial charge in [-0.2, -0.15) is 0 Å². The van der Waals surface area contributed by atoms with Gasteiger partial charge >= 0.3 is 12.0 Å². The van der Waals surface area contributed by atoms with Crippen molar-refractivity contribution in [1.82, 2.24) is 10.6 Å². The van der Waals surface area contributed by atoms with Crippen molar-refractivity contribution in [2.24, 2.45) is 0 Å². The van der Waals surface area contributed by atoms with Crippen molar-refractivity contribution in [2.45, 2.75) is 19.8 Å². The molecule has 5 nitrogen and oxygen atoms in total. The Morgan fingerprint density at radius 1 is 1.25 bits per heavy atom. The number of hydrogen-bond acceptors (Lipinski definition) is 3. The molecule has 0 atom stereocenters. The second kappa shape index (κ2) is 9.36.